The predicted molar refractivity (Wildman–Crippen MR) is 80.6 cm³/mol. The zero-order valence-electron chi connectivity index (χ0n) is 12.2. The Bertz CT molecular complexity index is 547. The summed E-state index contributed by atoms with van der Waals surface area (Å²) in [6.45, 7) is 1.81. The Morgan fingerprint density at radius 3 is 2.55 bits per heavy atom. The highest BCUT2D eigenvalue weighted by atomic mass is 16.2. The number of nitrogens with two attached hydrogens (primary N) is 1. The van der Waals surface area contributed by atoms with Crippen molar-refractivity contribution >= 4 is 17.8 Å². The van der Waals surface area contributed by atoms with Gasteiger partial charge < -0.3 is 11.1 Å². The van der Waals surface area contributed by atoms with Crippen molar-refractivity contribution in [2.75, 3.05) is 13.1 Å². The van der Waals surface area contributed by atoms with E-state index in [2.05, 4.69) is 10.2 Å². The molecule has 0 bridgehead atoms. The number of carbonyl (C=O) groups is 3. The van der Waals surface area contributed by atoms with Crippen molar-refractivity contribution in [1.29, 1.82) is 0 Å². The maximum atomic E-state index is 12.1. The van der Waals surface area contributed by atoms with Gasteiger partial charge in [-0.3, -0.25) is 19.8 Å². The number of imide groups is 1. The highest BCUT2D eigenvalue weighted by Gasteiger charge is 2.33. The fraction of sp³-hybridized carbons (Fsp3) is 0.400. The summed E-state index contributed by atoms with van der Waals surface area (Å²) in [6.07, 6.45) is 0.840. The minimum absolute atomic E-state index is 0.0279. The van der Waals surface area contributed by atoms with Gasteiger partial charge in [-0.25, -0.2) is 4.79 Å². The van der Waals surface area contributed by atoms with E-state index >= 15 is 0 Å². The molecule has 2 rings (SSSR count). The number of hydrogen-bond acceptors (Lipinski definition) is 4. The Labute approximate surface area is 128 Å². The fourth-order valence-electron chi connectivity index (χ4n) is 2.36. The van der Waals surface area contributed by atoms with Crippen molar-refractivity contribution in [3.63, 3.8) is 0 Å². The molecule has 1 aromatic carbocycles. The van der Waals surface area contributed by atoms with Gasteiger partial charge in [-0.2, -0.15) is 0 Å². The van der Waals surface area contributed by atoms with E-state index in [1.54, 1.807) is 0 Å². The SMILES string of the molecule is NC(=O)NC(=O)CCNC(=O)C1CCN1Cc1ccccc1. The van der Waals surface area contributed by atoms with E-state index in [0.717, 1.165) is 19.5 Å². The molecule has 7 nitrogen and oxygen atoms in total. The maximum absolute atomic E-state index is 12.1. The zero-order chi connectivity index (χ0) is 15.9. The van der Waals surface area contributed by atoms with Crippen LogP contribution >= 0.6 is 0 Å². The lowest BCUT2D eigenvalue weighted by Gasteiger charge is -2.39. The molecule has 7 heteroatoms. The summed E-state index contributed by atoms with van der Waals surface area (Å²) >= 11 is 0. The van der Waals surface area contributed by atoms with E-state index < -0.39 is 11.9 Å². The molecule has 1 heterocycles. The molecule has 0 aliphatic carbocycles. The molecule has 1 aliphatic heterocycles. The van der Waals surface area contributed by atoms with Gasteiger partial charge in [0.2, 0.25) is 11.8 Å². The first kappa shape index (κ1) is 16.0. The monoisotopic (exact) mass is 304 g/mol. The second-order valence-corrected chi connectivity index (χ2v) is 5.21. The summed E-state index contributed by atoms with van der Waals surface area (Å²) < 4.78 is 0. The minimum Gasteiger partial charge on any atom is -0.354 e. The van der Waals surface area contributed by atoms with Crippen molar-refractivity contribution in [2.24, 2.45) is 5.73 Å². The number of likely N-dealkylation sites (tertiary alicyclic amines) is 1. The third-order valence-electron chi connectivity index (χ3n) is 3.58. The van der Waals surface area contributed by atoms with Crippen molar-refractivity contribution in [1.82, 2.24) is 15.5 Å². The first-order valence-corrected chi connectivity index (χ1v) is 7.21. The second kappa shape index (κ2) is 7.56. The number of amides is 4. The lowest BCUT2D eigenvalue weighted by atomic mass is 10.0. The molecule has 0 spiro atoms. The molecule has 0 radical (unpaired) electrons. The van der Waals surface area contributed by atoms with Crippen LogP contribution in [0.1, 0.15) is 18.4 Å². The van der Waals surface area contributed by atoms with E-state index in [-0.39, 0.29) is 24.9 Å². The maximum Gasteiger partial charge on any atom is 0.318 e. The quantitative estimate of drug-likeness (QED) is 0.686. The molecule has 4 N–H and O–H groups in total. The highest BCUT2D eigenvalue weighted by Crippen LogP contribution is 2.20. The largest absolute Gasteiger partial charge is 0.354 e. The van der Waals surface area contributed by atoms with Gasteiger partial charge >= 0.3 is 6.03 Å². The molecule has 1 atom stereocenters. The van der Waals surface area contributed by atoms with Crippen LogP contribution < -0.4 is 16.4 Å². The molecule has 0 aromatic heterocycles. The topological polar surface area (TPSA) is 105 Å². The van der Waals surface area contributed by atoms with Crippen LogP contribution in [-0.2, 0) is 16.1 Å². The number of primary amides is 1. The number of hydrogen-bond donors (Lipinski definition) is 3. The molecule has 1 aliphatic rings. The van der Waals surface area contributed by atoms with E-state index in [1.165, 1.54) is 5.56 Å². The van der Waals surface area contributed by atoms with E-state index in [4.69, 9.17) is 5.73 Å². The fourth-order valence-corrected chi connectivity index (χ4v) is 2.36. The number of carbonyl (C=O) groups excluding carboxylic acids is 3. The normalized spacial score (nSPS) is 17.4. The molecule has 1 aromatic rings. The van der Waals surface area contributed by atoms with Gasteiger partial charge in [-0.15, -0.1) is 0 Å². The molecule has 22 heavy (non-hydrogen) atoms. The van der Waals surface area contributed by atoms with E-state index in [1.807, 2.05) is 35.6 Å². The third-order valence-corrected chi connectivity index (χ3v) is 3.58. The number of urea groups is 1. The van der Waals surface area contributed by atoms with Crippen molar-refractivity contribution in [3.05, 3.63) is 35.9 Å². The smallest absolute Gasteiger partial charge is 0.318 e. The number of rotatable bonds is 6. The van der Waals surface area contributed by atoms with Gasteiger partial charge in [0, 0.05) is 26.1 Å². The third kappa shape index (κ3) is 4.56. The molecular weight excluding hydrogens is 284 g/mol. The van der Waals surface area contributed by atoms with Crippen molar-refractivity contribution in [2.45, 2.75) is 25.4 Å². The van der Waals surface area contributed by atoms with Crippen LogP contribution in [0.5, 0.6) is 0 Å². The molecule has 118 valence electrons. The molecule has 0 saturated carbocycles. The first-order valence-electron chi connectivity index (χ1n) is 7.21. The van der Waals surface area contributed by atoms with Crippen LogP contribution in [-0.4, -0.2) is 41.9 Å². The lowest BCUT2D eigenvalue weighted by molar-refractivity contribution is -0.131. The summed E-state index contributed by atoms with van der Waals surface area (Å²) in [6, 6.07) is 8.93. The van der Waals surface area contributed by atoms with Crippen LogP contribution in [0.15, 0.2) is 30.3 Å². The average molecular weight is 304 g/mol. The molecule has 1 saturated heterocycles. The molecule has 1 unspecified atom stereocenters. The van der Waals surface area contributed by atoms with Crippen LogP contribution in [0, 0.1) is 0 Å². The number of benzene rings is 1. The first-order chi connectivity index (χ1) is 10.6. The summed E-state index contributed by atoms with van der Waals surface area (Å²) in [5.41, 5.74) is 6.00. The second-order valence-electron chi connectivity index (χ2n) is 5.21. The van der Waals surface area contributed by atoms with Gasteiger partial charge in [-0.05, 0) is 12.0 Å². The Kier molecular flexibility index (Phi) is 5.48. The molecular formula is C15H20N4O3. The summed E-state index contributed by atoms with van der Waals surface area (Å²) in [5.74, 6) is -0.586. The molecule has 4 amide bonds. The Balaban J connectivity index is 1.71. The van der Waals surface area contributed by atoms with Gasteiger partial charge in [0.1, 0.15) is 0 Å². The van der Waals surface area contributed by atoms with Crippen LogP contribution in [0.4, 0.5) is 4.79 Å². The zero-order valence-corrected chi connectivity index (χ0v) is 12.2. The van der Waals surface area contributed by atoms with Crippen LogP contribution in [0.25, 0.3) is 0 Å². The van der Waals surface area contributed by atoms with Crippen molar-refractivity contribution in [3.8, 4) is 0 Å². The van der Waals surface area contributed by atoms with Crippen LogP contribution in [0.2, 0.25) is 0 Å². The Morgan fingerprint density at radius 1 is 1.23 bits per heavy atom. The highest BCUT2D eigenvalue weighted by molar-refractivity contribution is 5.93. The summed E-state index contributed by atoms with van der Waals surface area (Å²) in [7, 11) is 0. The summed E-state index contributed by atoms with van der Waals surface area (Å²) in [4.78, 5) is 35.8. The van der Waals surface area contributed by atoms with Crippen LogP contribution in [0.3, 0.4) is 0 Å². The van der Waals surface area contributed by atoms with Gasteiger partial charge in [-0.1, -0.05) is 30.3 Å². The number of nitrogens with zero attached hydrogens (tertiary/aromatic N) is 1. The lowest BCUT2D eigenvalue weighted by Crippen LogP contribution is -2.55. The van der Waals surface area contributed by atoms with Gasteiger partial charge in [0.05, 0.1) is 6.04 Å². The minimum atomic E-state index is -0.885. The van der Waals surface area contributed by atoms with E-state index in [9.17, 15) is 14.4 Å². The number of nitrogens with one attached hydrogen (secondary N) is 2. The van der Waals surface area contributed by atoms with Gasteiger partial charge in [0.15, 0.2) is 0 Å². The standard InChI is InChI=1S/C15H20N4O3/c16-15(22)18-13(20)6-8-17-14(21)12-7-9-19(12)10-11-4-2-1-3-5-11/h1-5,12H,6-10H2,(H,17,21)(H3,16,18,20,22). The van der Waals surface area contributed by atoms with Crippen molar-refractivity contribution < 1.29 is 14.4 Å². The Hall–Kier alpha value is -2.41. The van der Waals surface area contributed by atoms with Gasteiger partial charge in [0.25, 0.3) is 0 Å². The average Bonchev–Trinajstić information content (AvgIpc) is 2.44. The Morgan fingerprint density at radius 2 is 1.95 bits per heavy atom. The summed E-state index contributed by atoms with van der Waals surface area (Å²) in [5, 5.41) is 4.66. The molecule has 1 fully saturated rings. The van der Waals surface area contributed by atoms with E-state index in [0.29, 0.717) is 0 Å². The predicted octanol–water partition coefficient (Wildman–Crippen LogP) is -0.0379.